The van der Waals surface area contributed by atoms with E-state index in [1.807, 2.05) is 0 Å². The van der Waals surface area contributed by atoms with E-state index in [1.165, 1.54) is 6.26 Å². The zero-order valence-corrected chi connectivity index (χ0v) is 14.1. The van der Waals surface area contributed by atoms with Gasteiger partial charge in [-0.3, -0.25) is 14.4 Å². The minimum Gasteiger partial charge on any atom is -0.467 e. The molecule has 138 valence electrons. The first kappa shape index (κ1) is 19.0. The Morgan fingerprint density at radius 2 is 1.88 bits per heavy atom. The minimum atomic E-state index is -2.28. The van der Waals surface area contributed by atoms with Crippen LogP contribution in [-0.2, 0) is 20.9 Å². The summed E-state index contributed by atoms with van der Waals surface area (Å²) in [6, 6.07) is 3.48. The number of hydrogen-bond acceptors (Lipinski definition) is 5. The van der Waals surface area contributed by atoms with E-state index in [1.54, 1.807) is 17.0 Å². The molecule has 1 aliphatic rings. The summed E-state index contributed by atoms with van der Waals surface area (Å²) in [5, 5.41) is 10.4. The maximum absolute atomic E-state index is 12.8. The van der Waals surface area contributed by atoms with E-state index in [9.17, 15) is 19.5 Å². The second-order valence-electron chi connectivity index (χ2n) is 6.61. The van der Waals surface area contributed by atoms with Crippen LogP contribution in [0.3, 0.4) is 0 Å². The summed E-state index contributed by atoms with van der Waals surface area (Å²) in [4.78, 5) is 37.2. The third kappa shape index (κ3) is 5.06. The molecule has 0 saturated heterocycles. The molecule has 8 nitrogen and oxygen atoms in total. The Morgan fingerprint density at radius 3 is 2.40 bits per heavy atom. The molecular weight excluding hydrogens is 326 g/mol. The fourth-order valence-corrected chi connectivity index (χ4v) is 3.26. The van der Waals surface area contributed by atoms with Crippen molar-refractivity contribution in [3.8, 4) is 0 Å². The van der Waals surface area contributed by atoms with Crippen molar-refractivity contribution < 1.29 is 23.9 Å². The lowest BCUT2D eigenvalue weighted by Crippen LogP contribution is -2.51. The lowest BCUT2D eigenvalue weighted by atomic mass is 9.90. The first-order valence-electron chi connectivity index (χ1n) is 8.44. The van der Waals surface area contributed by atoms with Crippen molar-refractivity contribution in [3.05, 3.63) is 24.2 Å². The number of aliphatic hydroxyl groups is 1. The summed E-state index contributed by atoms with van der Waals surface area (Å²) in [6.07, 6.45) is 5.07. The molecule has 8 heteroatoms. The van der Waals surface area contributed by atoms with Gasteiger partial charge in [0.05, 0.1) is 25.6 Å². The number of nitrogens with zero attached hydrogens (tertiary/aromatic N) is 1. The second-order valence-corrected chi connectivity index (χ2v) is 6.61. The van der Waals surface area contributed by atoms with Gasteiger partial charge in [0.2, 0.25) is 17.7 Å². The molecule has 1 unspecified atom stereocenters. The summed E-state index contributed by atoms with van der Waals surface area (Å²) in [5.41, 5.74) is 7.99. The van der Waals surface area contributed by atoms with E-state index in [4.69, 9.17) is 15.9 Å². The van der Waals surface area contributed by atoms with Crippen LogP contribution in [0.25, 0.3) is 0 Å². The molecule has 1 aromatic heterocycles. The molecule has 1 fully saturated rings. The predicted octanol–water partition coefficient (Wildman–Crippen LogP) is 0.423. The summed E-state index contributed by atoms with van der Waals surface area (Å²) in [7, 11) is 0. The fourth-order valence-electron chi connectivity index (χ4n) is 3.26. The van der Waals surface area contributed by atoms with Gasteiger partial charge in [0.25, 0.3) is 0 Å². The van der Waals surface area contributed by atoms with Crippen LogP contribution in [-0.4, -0.2) is 39.4 Å². The molecule has 0 aromatic carbocycles. The molecule has 0 aliphatic heterocycles. The third-order valence-corrected chi connectivity index (χ3v) is 4.61. The van der Waals surface area contributed by atoms with E-state index in [0.717, 1.165) is 32.1 Å². The number of amides is 3. The van der Waals surface area contributed by atoms with Crippen LogP contribution in [0.4, 0.5) is 0 Å². The molecule has 3 amide bonds. The lowest BCUT2D eigenvalue weighted by molar-refractivity contribution is -0.151. The monoisotopic (exact) mass is 351 g/mol. The standard InChI is InChI=1S/C17H25N3O5/c18-14(21)9-17(24,16(19)23)10-15(22)20(11-13-7-4-8-25-13)12-5-2-1-3-6-12/h4,7-8,12,24H,1-3,5-6,9-11H2,(H2,18,21)(H2,19,23). The molecule has 1 heterocycles. The predicted molar refractivity (Wildman–Crippen MR) is 88.7 cm³/mol. The Labute approximate surface area is 146 Å². The SMILES string of the molecule is NC(=O)CC(O)(CC(=O)N(Cc1ccco1)C1CCCCC1)C(N)=O. The van der Waals surface area contributed by atoms with Gasteiger partial charge >= 0.3 is 0 Å². The number of rotatable bonds is 8. The molecule has 1 saturated carbocycles. The van der Waals surface area contributed by atoms with Crippen LogP contribution in [0, 0.1) is 0 Å². The van der Waals surface area contributed by atoms with Gasteiger partial charge in [0, 0.05) is 6.04 Å². The summed E-state index contributed by atoms with van der Waals surface area (Å²) < 4.78 is 5.32. The van der Waals surface area contributed by atoms with Crippen LogP contribution in [0.2, 0.25) is 0 Å². The van der Waals surface area contributed by atoms with Gasteiger partial charge < -0.3 is 25.9 Å². The van der Waals surface area contributed by atoms with Gasteiger partial charge in [-0.1, -0.05) is 19.3 Å². The van der Waals surface area contributed by atoms with Crippen molar-refractivity contribution in [2.24, 2.45) is 11.5 Å². The zero-order chi connectivity index (χ0) is 18.4. The van der Waals surface area contributed by atoms with Crippen molar-refractivity contribution >= 4 is 17.7 Å². The largest absolute Gasteiger partial charge is 0.467 e. The Balaban J connectivity index is 2.17. The van der Waals surface area contributed by atoms with Crippen molar-refractivity contribution in [2.75, 3.05) is 0 Å². The summed E-state index contributed by atoms with van der Waals surface area (Å²) in [6.45, 7) is 0.238. The van der Waals surface area contributed by atoms with E-state index >= 15 is 0 Å². The zero-order valence-electron chi connectivity index (χ0n) is 14.1. The second kappa shape index (κ2) is 8.15. The highest BCUT2D eigenvalue weighted by Gasteiger charge is 2.40. The first-order valence-corrected chi connectivity index (χ1v) is 8.44. The third-order valence-electron chi connectivity index (χ3n) is 4.61. The van der Waals surface area contributed by atoms with Gasteiger partial charge in [0.1, 0.15) is 5.76 Å². The van der Waals surface area contributed by atoms with Crippen LogP contribution in [0.1, 0.15) is 50.7 Å². The number of carbonyl (C=O) groups excluding carboxylic acids is 3. The molecular formula is C17H25N3O5. The van der Waals surface area contributed by atoms with Crippen LogP contribution < -0.4 is 11.5 Å². The number of nitrogens with two attached hydrogens (primary N) is 2. The van der Waals surface area contributed by atoms with Gasteiger partial charge in [-0.25, -0.2) is 0 Å². The summed E-state index contributed by atoms with van der Waals surface area (Å²) >= 11 is 0. The smallest absolute Gasteiger partial charge is 0.250 e. The molecule has 0 spiro atoms. The Morgan fingerprint density at radius 1 is 1.20 bits per heavy atom. The fraction of sp³-hybridized carbons (Fsp3) is 0.588. The molecule has 25 heavy (non-hydrogen) atoms. The average molecular weight is 351 g/mol. The molecule has 2 rings (SSSR count). The van der Waals surface area contributed by atoms with Crippen LogP contribution >= 0.6 is 0 Å². The van der Waals surface area contributed by atoms with Gasteiger partial charge in [-0.15, -0.1) is 0 Å². The number of furan rings is 1. The van der Waals surface area contributed by atoms with E-state index < -0.39 is 36.2 Å². The quantitative estimate of drug-likeness (QED) is 0.623. The van der Waals surface area contributed by atoms with Gasteiger partial charge in [-0.05, 0) is 25.0 Å². The molecule has 1 atom stereocenters. The Bertz CT molecular complexity index is 610. The van der Waals surface area contributed by atoms with Crippen LogP contribution in [0.5, 0.6) is 0 Å². The van der Waals surface area contributed by atoms with E-state index in [2.05, 4.69) is 0 Å². The maximum atomic E-state index is 12.8. The highest BCUT2D eigenvalue weighted by atomic mass is 16.3. The normalized spacial score (nSPS) is 17.6. The molecule has 1 aromatic rings. The Hall–Kier alpha value is -2.35. The van der Waals surface area contributed by atoms with E-state index in [-0.39, 0.29) is 12.6 Å². The first-order chi connectivity index (χ1) is 11.8. The number of hydrogen-bond donors (Lipinski definition) is 3. The number of primary amides is 2. The van der Waals surface area contributed by atoms with Crippen molar-refractivity contribution in [2.45, 2.75) is 63.1 Å². The van der Waals surface area contributed by atoms with Crippen molar-refractivity contribution in [3.63, 3.8) is 0 Å². The molecule has 5 N–H and O–H groups in total. The average Bonchev–Trinajstić information content (AvgIpc) is 3.05. The molecule has 0 radical (unpaired) electrons. The number of carbonyl (C=O) groups is 3. The summed E-state index contributed by atoms with van der Waals surface area (Å²) in [5.74, 6) is -1.88. The van der Waals surface area contributed by atoms with Gasteiger partial charge in [-0.2, -0.15) is 0 Å². The van der Waals surface area contributed by atoms with E-state index in [0.29, 0.717) is 5.76 Å². The lowest BCUT2D eigenvalue weighted by Gasteiger charge is -2.35. The highest BCUT2D eigenvalue weighted by molar-refractivity contribution is 5.94. The van der Waals surface area contributed by atoms with Crippen LogP contribution in [0.15, 0.2) is 22.8 Å². The highest BCUT2D eigenvalue weighted by Crippen LogP contribution is 2.27. The molecule has 1 aliphatic carbocycles. The maximum Gasteiger partial charge on any atom is 0.250 e. The van der Waals surface area contributed by atoms with Crippen molar-refractivity contribution in [1.29, 1.82) is 0 Å². The minimum absolute atomic E-state index is 0.00273. The topological polar surface area (TPSA) is 140 Å². The molecule has 0 bridgehead atoms. The van der Waals surface area contributed by atoms with Gasteiger partial charge in [0.15, 0.2) is 5.60 Å². The Kier molecular flexibility index (Phi) is 6.19. The van der Waals surface area contributed by atoms with Crippen molar-refractivity contribution in [1.82, 2.24) is 4.90 Å².